The fourth-order valence-electron chi connectivity index (χ4n) is 2.56. The van der Waals surface area contributed by atoms with Crippen LogP contribution < -0.4 is 10.1 Å². The third-order valence-corrected chi connectivity index (χ3v) is 3.75. The number of carbonyl (C=O) groups excluding carboxylic acids is 1. The first-order chi connectivity index (χ1) is 11.2. The van der Waals surface area contributed by atoms with E-state index >= 15 is 0 Å². The molecule has 0 aliphatic heterocycles. The van der Waals surface area contributed by atoms with Crippen LogP contribution in [0.5, 0.6) is 5.75 Å². The Kier molecular flexibility index (Phi) is 4.24. The van der Waals surface area contributed by atoms with Gasteiger partial charge in [-0.2, -0.15) is 0 Å². The monoisotopic (exact) mass is 309 g/mol. The summed E-state index contributed by atoms with van der Waals surface area (Å²) in [6.07, 6.45) is 0. The van der Waals surface area contributed by atoms with E-state index in [4.69, 9.17) is 4.74 Å². The number of rotatable bonds is 4. The van der Waals surface area contributed by atoms with E-state index < -0.39 is 0 Å². The molecule has 3 aromatic rings. The predicted octanol–water partition coefficient (Wildman–Crippen LogP) is 3.92. The molecule has 0 saturated heterocycles. The lowest BCUT2D eigenvalue weighted by Gasteiger charge is -2.11. The second-order valence-electron chi connectivity index (χ2n) is 5.14. The lowest BCUT2D eigenvalue weighted by atomic mass is 10.0. The zero-order chi connectivity index (χ0) is 16.2. The topological polar surface area (TPSA) is 38.3 Å². The van der Waals surface area contributed by atoms with Gasteiger partial charge in [-0.05, 0) is 23.6 Å². The number of hydrogen-bond donors (Lipinski definition) is 1. The molecule has 0 fully saturated rings. The number of halogens is 1. The molecule has 1 amide bonds. The number of methoxy groups -OCH3 is 1. The first-order valence-electron chi connectivity index (χ1n) is 7.28. The normalized spacial score (nSPS) is 10.5. The molecule has 0 spiro atoms. The molecule has 4 heteroatoms. The Bertz CT molecular complexity index is 861. The van der Waals surface area contributed by atoms with E-state index in [1.54, 1.807) is 37.4 Å². The van der Waals surface area contributed by atoms with Crippen molar-refractivity contribution in [2.45, 2.75) is 6.54 Å². The number of benzene rings is 3. The zero-order valence-corrected chi connectivity index (χ0v) is 12.7. The summed E-state index contributed by atoms with van der Waals surface area (Å²) in [6.45, 7) is 0.145. The Morgan fingerprint density at radius 1 is 1.00 bits per heavy atom. The number of hydrogen-bond acceptors (Lipinski definition) is 2. The number of carbonyl (C=O) groups is 1. The summed E-state index contributed by atoms with van der Waals surface area (Å²) < 4.78 is 19.0. The minimum Gasteiger partial charge on any atom is -0.496 e. The van der Waals surface area contributed by atoms with Crippen molar-refractivity contribution in [2.75, 3.05) is 7.11 Å². The molecule has 3 nitrogen and oxygen atoms in total. The highest BCUT2D eigenvalue weighted by molar-refractivity contribution is 6.08. The van der Waals surface area contributed by atoms with Crippen molar-refractivity contribution in [2.24, 2.45) is 0 Å². The minimum absolute atomic E-state index is 0.145. The van der Waals surface area contributed by atoms with Gasteiger partial charge in [-0.3, -0.25) is 4.79 Å². The van der Waals surface area contributed by atoms with E-state index in [0.29, 0.717) is 16.9 Å². The maximum absolute atomic E-state index is 13.6. The summed E-state index contributed by atoms with van der Waals surface area (Å²) in [6, 6.07) is 17.4. The van der Waals surface area contributed by atoms with Crippen molar-refractivity contribution < 1.29 is 13.9 Å². The summed E-state index contributed by atoms with van der Waals surface area (Å²) in [4.78, 5) is 12.5. The predicted molar refractivity (Wildman–Crippen MR) is 88.1 cm³/mol. The average molecular weight is 309 g/mol. The fraction of sp³-hybridized carbons (Fsp3) is 0.105. The van der Waals surface area contributed by atoms with Crippen molar-refractivity contribution in [3.05, 3.63) is 77.6 Å². The Morgan fingerprint density at radius 2 is 1.70 bits per heavy atom. The van der Waals surface area contributed by atoms with Crippen LogP contribution in [-0.2, 0) is 6.54 Å². The van der Waals surface area contributed by atoms with Gasteiger partial charge in [0.25, 0.3) is 5.91 Å². The van der Waals surface area contributed by atoms with Crippen molar-refractivity contribution in [3.8, 4) is 5.75 Å². The molecule has 0 saturated carbocycles. The van der Waals surface area contributed by atoms with Crippen molar-refractivity contribution >= 4 is 16.7 Å². The maximum atomic E-state index is 13.6. The molecule has 0 heterocycles. The van der Waals surface area contributed by atoms with Gasteiger partial charge >= 0.3 is 0 Å². The number of amides is 1. The van der Waals surface area contributed by atoms with E-state index in [-0.39, 0.29) is 18.3 Å². The molecule has 0 aromatic heterocycles. The molecule has 0 aliphatic carbocycles. The van der Waals surface area contributed by atoms with Gasteiger partial charge in [-0.1, -0.05) is 42.5 Å². The zero-order valence-electron chi connectivity index (χ0n) is 12.7. The molecule has 0 unspecified atom stereocenters. The first kappa shape index (κ1) is 15.0. The molecule has 1 N–H and O–H groups in total. The van der Waals surface area contributed by atoms with Gasteiger partial charge in [-0.15, -0.1) is 0 Å². The van der Waals surface area contributed by atoms with Crippen LogP contribution in [0.4, 0.5) is 4.39 Å². The van der Waals surface area contributed by atoms with Gasteiger partial charge in [0.2, 0.25) is 0 Å². The molecule has 23 heavy (non-hydrogen) atoms. The largest absolute Gasteiger partial charge is 0.496 e. The third-order valence-electron chi connectivity index (χ3n) is 3.75. The minimum atomic E-state index is -0.326. The molecule has 3 rings (SSSR count). The van der Waals surface area contributed by atoms with E-state index in [0.717, 1.165) is 10.8 Å². The molecular formula is C19H16FNO2. The number of fused-ring (bicyclic) bond motifs is 1. The molecule has 0 radical (unpaired) electrons. The molecule has 0 aliphatic rings. The van der Waals surface area contributed by atoms with Crippen LogP contribution >= 0.6 is 0 Å². The second kappa shape index (κ2) is 6.48. The molecule has 116 valence electrons. The van der Waals surface area contributed by atoms with Gasteiger partial charge < -0.3 is 10.1 Å². The average Bonchev–Trinajstić information content (AvgIpc) is 2.59. The standard InChI is InChI=1S/C19H16FNO2/c1-23-18-11-10-16(14-7-3-4-8-15(14)18)19(22)21-12-13-6-2-5-9-17(13)20/h2-11H,12H2,1H3,(H,21,22). The van der Waals surface area contributed by atoms with Crippen molar-refractivity contribution in [3.63, 3.8) is 0 Å². The van der Waals surface area contributed by atoms with Crippen LogP contribution in [0.1, 0.15) is 15.9 Å². The highest BCUT2D eigenvalue weighted by Crippen LogP contribution is 2.28. The van der Waals surface area contributed by atoms with Crippen LogP contribution in [0.2, 0.25) is 0 Å². The Morgan fingerprint density at radius 3 is 2.43 bits per heavy atom. The number of ether oxygens (including phenoxy) is 1. The Labute approximate surface area is 133 Å². The highest BCUT2D eigenvalue weighted by Gasteiger charge is 2.13. The van der Waals surface area contributed by atoms with Crippen molar-refractivity contribution in [1.82, 2.24) is 5.32 Å². The first-order valence-corrected chi connectivity index (χ1v) is 7.28. The van der Waals surface area contributed by atoms with E-state index in [1.165, 1.54) is 6.07 Å². The highest BCUT2D eigenvalue weighted by atomic mass is 19.1. The summed E-state index contributed by atoms with van der Waals surface area (Å²) in [7, 11) is 1.60. The van der Waals surface area contributed by atoms with E-state index in [9.17, 15) is 9.18 Å². The third kappa shape index (κ3) is 3.01. The molecule has 0 bridgehead atoms. The van der Waals surface area contributed by atoms with Crippen LogP contribution in [0, 0.1) is 5.82 Å². The van der Waals surface area contributed by atoms with Gasteiger partial charge in [0.1, 0.15) is 11.6 Å². The van der Waals surface area contributed by atoms with Crippen LogP contribution in [0.25, 0.3) is 10.8 Å². The maximum Gasteiger partial charge on any atom is 0.252 e. The van der Waals surface area contributed by atoms with Gasteiger partial charge in [0.05, 0.1) is 7.11 Å². The summed E-state index contributed by atoms with van der Waals surface area (Å²) in [5.41, 5.74) is 0.997. The van der Waals surface area contributed by atoms with Gasteiger partial charge in [-0.25, -0.2) is 4.39 Å². The molecular weight excluding hydrogens is 293 g/mol. The summed E-state index contributed by atoms with van der Waals surface area (Å²) in [5.74, 6) is 0.144. The van der Waals surface area contributed by atoms with E-state index in [1.807, 2.05) is 24.3 Å². The lowest BCUT2D eigenvalue weighted by molar-refractivity contribution is 0.0952. The van der Waals surface area contributed by atoms with Crippen LogP contribution in [-0.4, -0.2) is 13.0 Å². The SMILES string of the molecule is COc1ccc(C(=O)NCc2ccccc2F)c2ccccc12. The van der Waals surface area contributed by atoms with Crippen LogP contribution in [0.3, 0.4) is 0 Å². The van der Waals surface area contributed by atoms with E-state index in [2.05, 4.69) is 5.32 Å². The number of nitrogens with one attached hydrogen (secondary N) is 1. The molecule has 0 atom stereocenters. The quantitative estimate of drug-likeness (QED) is 0.793. The lowest BCUT2D eigenvalue weighted by Crippen LogP contribution is -2.23. The molecule has 3 aromatic carbocycles. The smallest absolute Gasteiger partial charge is 0.252 e. The second-order valence-corrected chi connectivity index (χ2v) is 5.14. The van der Waals surface area contributed by atoms with Crippen LogP contribution in [0.15, 0.2) is 60.7 Å². The summed E-state index contributed by atoms with van der Waals surface area (Å²) >= 11 is 0. The van der Waals surface area contributed by atoms with Crippen molar-refractivity contribution in [1.29, 1.82) is 0 Å². The summed E-state index contributed by atoms with van der Waals surface area (Å²) in [5, 5.41) is 4.44. The van der Waals surface area contributed by atoms with Gasteiger partial charge in [0, 0.05) is 23.1 Å². The fourth-order valence-corrected chi connectivity index (χ4v) is 2.56. The van der Waals surface area contributed by atoms with Gasteiger partial charge in [0.15, 0.2) is 0 Å². The Hall–Kier alpha value is -2.88. The Balaban J connectivity index is 1.88.